The maximum atomic E-state index is 12.2. The predicted octanol–water partition coefficient (Wildman–Crippen LogP) is 1.26. The highest BCUT2D eigenvalue weighted by Gasteiger charge is 2.23. The molecule has 0 spiro atoms. The van der Waals surface area contributed by atoms with Crippen LogP contribution < -0.4 is 10.5 Å². The standard InChI is InChI=1S/C15H19N5O5S/c1-4-11-5-6-12(7-13(11)26(16,24)25)17-14(21)8-19-10(3)15(20(22)23)9(2)18-19/h5-7H,4,8H2,1-3H3,(H,17,21)(H2,16,24,25). The molecule has 0 unspecified atom stereocenters. The molecule has 1 heterocycles. The second-order valence-electron chi connectivity index (χ2n) is 5.70. The Morgan fingerprint density at radius 3 is 2.54 bits per heavy atom. The highest BCUT2D eigenvalue weighted by Crippen LogP contribution is 2.23. The van der Waals surface area contributed by atoms with Gasteiger partial charge in [0.1, 0.15) is 17.9 Å². The van der Waals surface area contributed by atoms with E-state index in [0.717, 1.165) is 0 Å². The van der Waals surface area contributed by atoms with E-state index in [-0.39, 0.29) is 34.2 Å². The van der Waals surface area contributed by atoms with Crippen LogP contribution in [-0.4, -0.2) is 29.0 Å². The normalized spacial score (nSPS) is 11.4. The number of aryl methyl sites for hydroxylation is 2. The minimum absolute atomic E-state index is 0.0560. The van der Waals surface area contributed by atoms with Crippen molar-refractivity contribution in [3.8, 4) is 0 Å². The third kappa shape index (κ3) is 4.06. The smallest absolute Gasteiger partial charge is 0.312 e. The molecule has 0 bridgehead atoms. The van der Waals surface area contributed by atoms with E-state index in [1.54, 1.807) is 19.1 Å². The Morgan fingerprint density at radius 1 is 1.38 bits per heavy atom. The average molecular weight is 381 g/mol. The Hall–Kier alpha value is -2.79. The van der Waals surface area contributed by atoms with Gasteiger partial charge in [0.05, 0.1) is 9.82 Å². The number of carbonyl (C=O) groups is 1. The molecule has 0 aliphatic heterocycles. The van der Waals surface area contributed by atoms with Crippen molar-refractivity contribution in [1.82, 2.24) is 9.78 Å². The lowest BCUT2D eigenvalue weighted by Gasteiger charge is -2.10. The number of rotatable bonds is 6. The number of aromatic nitrogens is 2. The van der Waals surface area contributed by atoms with Crippen LogP contribution in [0.2, 0.25) is 0 Å². The molecule has 0 aliphatic rings. The molecule has 140 valence electrons. The molecule has 1 aromatic heterocycles. The Labute approximate surface area is 150 Å². The van der Waals surface area contributed by atoms with Crippen LogP contribution in [0.4, 0.5) is 11.4 Å². The summed E-state index contributed by atoms with van der Waals surface area (Å²) in [6.07, 6.45) is 0.468. The summed E-state index contributed by atoms with van der Waals surface area (Å²) >= 11 is 0. The molecule has 2 aromatic rings. The molecule has 0 radical (unpaired) electrons. The molecular formula is C15H19N5O5S. The average Bonchev–Trinajstić information content (AvgIpc) is 2.80. The first-order valence-electron chi connectivity index (χ1n) is 7.68. The van der Waals surface area contributed by atoms with Crippen molar-refractivity contribution >= 4 is 27.3 Å². The first-order chi connectivity index (χ1) is 12.0. The van der Waals surface area contributed by atoms with Crippen LogP contribution in [0.3, 0.4) is 0 Å². The highest BCUT2D eigenvalue weighted by atomic mass is 32.2. The van der Waals surface area contributed by atoms with Crippen molar-refractivity contribution in [2.24, 2.45) is 5.14 Å². The minimum Gasteiger partial charge on any atom is -0.324 e. The lowest BCUT2D eigenvalue weighted by molar-refractivity contribution is -0.386. The van der Waals surface area contributed by atoms with E-state index in [0.29, 0.717) is 12.0 Å². The molecule has 2 rings (SSSR count). The van der Waals surface area contributed by atoms with Gasteiger partial charge < -0.3 is 5.32 Å². The number of benzene rings is 1. The topological polar surface area (TPSA) is 150 Å². The molecule has 0 saturated carbocycles. The molecule has 0 fully saturated rings. The first kappa shape index (κ1) is 19.5. The molecule has 10 nitrogen and oxygen atoms in total. The number of primary sulfonamides is 1. The number of carbonyl (C=O) groups excluding carboxylic acids is 1. The molecule has 3 N–H and O–H groups in total. The fourth-order valence-corrected chi connectivity index (χ4v) is 3.50. The van der Waals surface area contributed by atoms with Gasteiger partial charge >= 0.3 is 5.69 Å². The number of sulfonamides is 1. The van der Waals surface area contributed by atoms with E-state index in [1.807, 2.05) is 0 Å². The van der Waals surface area contributed by atoms with Crippen molar-refractivity contribution in [3.05, 3.63) is 45.3 Å². The van der Waals surface area contributed by atoms with Gasteiger partial charge in [0.2, 0.25) is 15.9 Å². The van der Waals surface area contributed by atoms with Gasteiger partial charge in [-0.1, -0.05) is 13.0 Å². The van der Waals surface area contributed by atoms with Crippen LogP contribution in [0, 0.1) is 24.0 Å². The van der Waals surface area contributed by atoms with Crippen LogP contribution in [0.25, 0.3) is 0 Å². The fourth-order valence-electron chi connectivity index (χ4n) is 2.63. The lowest BCUT2D eigenvalue weighted by Crippen LogP contribution is -2.21. The van der Waals surface area contributed by atoms with Crippen LogP contribution in [0.1, 0.15) is 23.9 Å². The molecule has 11 heteroatoms. The van der Waals surface area contributed by atoms with Gasteiger partial charge in [-0.25, -0.2) is 13.6 Å². The van der Waals surface area contributed by atoms with Crippen molar-refractivity contribution in [2.75, 3.05) is 5.32 Å². The maximum absolute atomic E-state index is 12.2. The first-order valence-corrected chi connectivity index (χ1v) is 9.23. The summed E-state index contributed by atoms with van der Waals surface area (Å²) in [6.45, 7) is 4.53. The van der Waals surface area contributed by atoms with E-state index >= 15 is 0 Å². The number of nitro groups is 1. The second kappa shape index (κ2) is 7.22. The Bertz CT molecular complexity index is 981. The van der Waals surface area contributed by atoms with Crippen LogP contribution >= 0.6 is 0 Å². The van der Waals surface area contributed by atoms with Gasteiger partial charge in [0, 0.05) is 5.69 Å². The second-order valence-corrected chi connectivity index (χ2v) is 7.23. The van der Waals surface area contributed by atoms with Crippen LogP contribution in [0.5, 0.6) is 0 Å². The number of anilines is 1. The fraction of sp³-hybridized carbons (Fsp3) is 0.333. The van der Waals surface area contributed by atoms with Crippen molar-refractivity contribution in [2.45, 2.75) is 38.6 Å². The summed E-state index contributed by atoms with van der Waals surface area (Å²) in [4.78, 5) is 22.6. The number of amides is 1. The zero-order chi connectivity index (χ0) is 19.6. The highest BCUT2D eigenvalue weighted by molar-refractivity contribution is 7.89. The van der Waals surface area contributed by atoms with Gasteiger partial charge in [-0.05, 0) is 38.0 Å². The number of nitrogens with one attached hydrogen (secondary N) is 1. The molecule has 0 atom stereocenters. The number of hydrogen-bond acceptors (Lipinski definition) is 6. The van der Waals surface area contributed by atoms with Gasteiger partial charge in [0.15, 0.2) is 0 Å². The summed E-state index contributed by atoms with van der Waals surface area (Å²) in [7, 11) is -3.93. The van der Waals surface area contributed by atoms with Gasteiger partial charge in [-0.2, -0.15) is 5.10 Å². The lowest BCUT2D eigenvalue weighted by atomic mass is 10.1. The Morgan fingerprint density at radius 2 is 2.04 bits per heavy atom. The maximum Gasteiger partial charge on any atom is 0.312 e. The van der Waals surface area contributed by atoms with Crippen LogP contribution in [-0.2, 0) is 27.8 Å². The van der Waals surface area contributed by atoms with E-state index in [2.05, 4.69) is 10.4 Å². The van der Waals surface area contributed by atoms with Crippen molar-refractivity contribution < 1.29 is 18.1 Å². The molecule has 0 saturated heterocycles. The van der Waals surface area contributed by atoms with E-state index in [4.69, 9.17) is 5.14 Å². The predicted molar refractivity (Wildman–Crippen MR) is 94.2 cm³/mol. The molecule has 1 amide bonds. The third-order valence-corrected chi connectivity index (χ3v) is 4.85. The Balaban J connectivity index is 2.24. The largest absolute Gasteiger partial charge is 0.324 e. The summed E-state index contributed by atoms with van der Waals surface area (Å²) < 4.78 is 24.6. The van der Waals surface area contributed by atoms with E-state index in [9.17, 15) is 23.3 Å². The Kier molecular flexibility index (Phi) is 5.42. The van der Waals surface area contributed by atoms with Crippen molar-refractivity contribution in [1.29, 1.82) is 0 Å². The number of nitrogens with zero attached hydrogens (tertiary/aromatic N) is 3. The quantitative estimate of drug-likeness (QED) is 0.568. The monoisotopic (exact) mass is 381 g/mol. The third-order valence-electron chi connectivity index (χ3n) is 3.86. The summed E-state index contributed by atoms with van der Waals surface area (Å²) in [5.41, 5.74) is 1.13. The van der Waals surface area contributed by atoms with Crippen LogP contribution in [0.15, 0.2) is 23.1 Å². The number of nitrogens with two attached hydrogens (primary N) is 1. The molecule has 0 aliphatic carbocycles. The minimum atomic E-state index is -3.93. The zero-order valence-corrected chi connectivity index (χ0v) is 15.3. The van der Waals surface area contributed by atoms with Gasteiger partial charge in [0.25, 0.3) is 0 Å². The van der Waals surface area contributed by atoms with Gasteiger partial charge in [-0.15, -0.1) is 0 Å². The summed E-state index contributed by atoms with van der Waals surface area (Å²) in [5.74, 6) is -0.505. The molecule has 1 aromatic carbocycles. The summed E-state index contributed by atoms with van der Waals surface area (Å²) in [6, 6.07) is 4.42. The summed E-state index contributed by atoms with van der Waals surface area (Å²) in [5, 5.41) is 22.8. The number of hydrogen-bond donors (Lipinski definition) is 2. The molecule has 26 heavy (non-hydrogen) atoms. The molecular weight excluding hydrogens is 362 g/mol. The van der Waals surface area contributed by atoms with E-state index < -0.39 is 20.9 Å². The van der Waals surface area contributed by atoms with Gasteiger partial charge in [-0.3, -0.25) is 19.6 Å². The SMILES string of the molecule is CCc1ccc(NC(=O)Cn2nc(C)c([N+](=O)[O-])c2C)cc1S(N)(=O)=O. The zero-order valence-electron chi connectivity index (χ0n) is 14.5. The van der Waals surface area contributed by atoms with E-state index in [1.165, 1.54) is 24.6 Å². The van der Waals surface area contributed by atoms with Crippen molar-refractivity contribution in [3.63, 3.8) is 0 Å².